The van der Waals surface area contributed by atoms with Crippen molar-refractivity contribution in [1.82, 2.24) is 15.1 Å². The summed E-state index contributed by atoms with van der Waals surface area (Å²) in [5.41, 5.74) is 0.793. The highest BCUT2D eigenvalue weighted by Gasteiger charge is 2.20. The Kier molecular flexibility index (Phi) is 2.96. The summed E-state index contributed by atoms with van der Waals surface area (Å²) in [6.45, 7) is 1.77. The Balaban J connectivity index is 1.89. The van der Waals surface area contributed by atoms with E-state index in [2.05, 4.69) is 15.1 Å². The van der Waals surface area contributed by atoms with Gasteiger partial charge < -0.3 is 9.26 Å². The van der Waals surface area contributed by atoms with Gasteiger partial charge in [-0.25, -0.2) is 4.98 Å². The van der Waals surface area contributed by atoms with Crippen molar-refractivity contribution in [2.24, 2.45) is 0 Å². The fourth-order valence-corrected chi connectivity index (χ4v) is 2.23. The summed E-state index contributed by atoms with van der Waals surface area (Å²) in [6.07, 6.45) is 6.65. The lowest BCUT2D eigenvalue weighted by Gasteiger charge is -2.13. The van der Waals surface area contributed by atoms with E-state index >= 15 is 0 Å². The van der Waals surface area contributed by atoms with Gasteiger partial charge in [-0.15, -0.1) is 0 Å². The zero-order valence-corrected chi connectivity index (χ0v) is 10.3. The molecule has 2 aromatic heterocycles. The third kappa shape index (κ3) is 2.20. The lowest BCUT2D eigenvalue weighted by molar-refractivity contribution is 0.202. The van der Waals surface area contributed by atoms with E-state index < -0.39 is 0 Å². The number of aryl methyl sites for hydroxylation is 1. The van der Waals surface area contributed by atoms with Gasteiger partial charge in [-0.1, -0.05) is 5.16 Å². The predicted octanol–water partition coefficient (Wildman–Crippen LogP) is 2.76. The number of aromatic nitrogens is 3. The molecule has 0 saturated heterocycles. The van der Waals surface area contributed by atoms with Crippen molar-refractivity contribution >= 4 is 0 Å². The van der Waals surface area contributed by atoms with Crippen LogP contribution in [0.15, 0.2) is 22.9 Å². The topological polar surface area (TPSA) is 61.0 Å². The minimum atomic E-state index is 0.270. The largest absolute Gasteiger partial charge is 0.474 e. The van der Waals surface area contributed by atoms with Crippen molar-refractivity contribution in [2.75, 3.05) is 0 Å². The molecule has 18 heavy (non-hydrogen) atoms. The fraction of sp³-hybridized carbons (Fsp3) is 0.462. The van der Waals surface area contributed by atoms with Gasteiger partial charge in [0.2, 0.25) is 17.6 Å². The van der Waals surface area contributed by atoms with Crippen LogP contribution in [0.1, 0.15) is 31.6 Å². The maximum Gasteiger partial charge on any atom is 0.224 e. The first-order valence-electron chi connectivity index (χ1n) is 6.25. The highest BCUT2D eigenvalue weighted by atomic mass is 16.5. The third-order valence-electron chi connectivity index (χ3n) is 3.12. The zero-order chi connectivity index (χ0) is 12.4. The molecule has 1 aliphatic rings. The summed E-state index contributed by atoms with van der Waals surface area (Å²) >= 11 is 0. The molecule has 0 radical (unpaired) electrons. The van der Waals surface area contributed by atoms with Gasteiger partial charge in [0, 0.05) is 13.1 Å². The number of ether oxygens (including phenoxy) is 1. The van der Waals surface area contributed by atoms with Crippen LogP contribution in [-0.4, -0.2) is 21.2 Å². The standard InChI is InChI=1S/C13H15N3O2/c1-9-15-12(16-18-9)11-7-4-8-14-13(11)17-10-5-2-3-6-10/h4,7-8,10H,2-3,5-6H2,1H3. The van der Waals surface area contributed by atoms with Gasteiger partial charge in [0.25, 0.3) is 0 Å². The second kappa shape index (κ2) is 4.76. The van der Waals surface area contributed by atoms with Crippen molar-refractivity contribution in [1.29, 1.82) is 0 Å². The van der Waals surface area contributed by atoms with Crippen LogP contribution in [0.4, 0.5) is 0 Å². The number of rotatable bonds is 3. The highest BCUT2D eigenvalue weighted by Crippen LogP contribution is 2.29. The molecule has 0 N–H and O–H groups in total. The molecular formula is C13H15N3O2. The average molecular weight is 245 g/mol. The molecule has 3 rings (SSSR count). The predicted molar refractivity (Wildman–Crippen MR) is 65.2 cm³/mol. The molecule has 94 valence electrons. The van der Waals surface area contributed by atoms with Gasteiger partial charge in [0.05, 0.1) is 5.56 Å². The molecular weight excluding hydrogens is 230 g/mol. The number of pyridine rings is 1. The Morgan fingerprint density at radius 3 is 2.89 bits per heavy atom. The van der Waals surface area contributed by atoms with Crippen LogP contribution in [0.25, 0.3) is 11.4 Å². The Morgan fingerprint density at radius 1 is 1.33 bits per heavy atom. The summed E-state index contributed by atoms with van der Waals surface area (Å²) < 4.78 is 10.9. The van der Waals surface area contributed by atoms with E-state index in [4.69, 9.17) is 9.26 Å². The van der Waals surface area contributed by atoms with E-state index in [9.17, 15) is 0 Å². The number of nitrogens with zero attached hydrogens (tertiary/aromatic N) is 3. The second-order valence-electron chi connectivity index (χ2n) is 4.52. The molecule has 0 amide bonds. The number of hydrogen-bond donors (Lipinski definition) is 0. The zero-order valence-electron chi connectivity index (χ0n) is 10.3. The molecule has 0 unspecified atom stereocenters. The van der Waals surface area contributed by atoms with E-state index in [0.29, 0.717) is 17.6 Å². The molecule has 0 spiro atoms. The molecule has 2 aromatic rings. The lowest BCUT2D eigenvalue weighted by Crippen LogP contribution is -2.12. The van der Waals surface area contributed by atoms with Crippen LogP contribution in [0.2, 0.25) is 0 Å². The summed E-state index contributed by atoms with van der Waals surface area (Å²) in [6, 6.07) is 3.75. The molecule has 1 saturated carbocycles. The molecule has 1 aliphatic carbocycles. The van der Waals surface area contributed by atoms with Gasteiger partial charge in [0.15, 0.2) is 0 Å². The molecule has 0 aliphatic heterocycles. The average Bonchev–Trinajstić information content (AvgIpc) is 3.02. The molecule has 0 aromatic carbocycles. The van der Waals surface area contributed by atoms with Crippen molar-refractivity contribution in [2.45, 2.75) is 38.7 Å². The van der Waals surface area contributed by atoms with E-state index in [-0.39, 0.29) is 6.10 Å². The molecule has 1 fully saturated rings. The Hall–Kier alpha value is -1.91. The molecule has 5 heteroatoms. The second-order valence-corrected chi connectivity index (χ2v) is 4.52. The van der Waals surface area contributed by atoms with Gasteiger partial charge in [-0.2, -0.15) is 4.98 Å². The normalized spacial score (nSPS) is 16.1. The Labute approximate surface area is 105 Å². The van der Waals surface area contributed by atoms with E-state index in [0.717, 1.165) is 18.4 Å². The first-order valence-corrected chi connectivity index (χ1v) is 6.25. The Bertz CT molecular complexity index is 533. The Morgan fingerprint density at radius 2 is 2.17 bits per heavy atom. The quantitative estimate of drug-likeness (QED) is 0.832. The van der Waals surface area contributed by atoms with Crippen molar-refractivity contribution in [3.8, 4) is 17.3 Å². The smallest absolute Gasteiger partial charge is 0.224 e. The summed E-state index contributed by atoms with van der Waals surface area (Å²) in [4.78, 5) is 8.50. The van der Waals surface area contributed by atoms with Crippen molar-refractivity contribution < 1.29 is 9.26 Å². The third-order valence-corrected chi connectivity index (χ3v) is 3.12. The van der Waals surface area contributed by atoms with Crippen LogP contribution in [0.5, 0.6) is 5.88 Å². The van der Waals surface area contributed by atoms with Gasteiger partial charge >= 0.3 is 0 Å². The number of hydrogen-bond acceptors (Lipinski definition) is 5. The van der Waals surface area contributed by atoms with Crippen LogP contribution >= 0.6 is 0 Å². The van der Waals surface area contributed by atoms with Crippen molar-refractivity contribution in [3.63, 3.8) is 0 Å². The van der Waals surface area contributed by atoms with Crippen molar-refractivity contribution in [3.05, 3.63) is 24.2 Å². The lowest BCUT2D eigenvalue weighted by atomic mass is 10.2. The molecule has 2 heterocycles. The van der Waals surface area contributed by atoms with Crippen LogP contribution in [0.3, 0.4) is 0 Å². The van der Waals surface area contributed by atoms with Gasteiger partial charge in [0.1, 0.15) is 6.10 Å². The molecule has 0 atom stereocenters. The van der Waals surface area contributed by atoms with Crippen LogP contribution in [0, 0.1) is 6.92 Å². The molecule has 5 nitrogen and oxygen atoms in total. The molecule has 0 bridgehead atoms. The summed E-state index contributed by atoms with van der Waals surface area (Å²) in [5, 5.41) is 3.92. The minimum Gasteiger partial charge on any atom is -0.474 e. The minimum absolute atomic E-state index is 0.270. The SMILES string of the molecule is Cc1nc(-c2cccnc2OC2CCCC2)no1. The highest BCUT2D eigenvalue weighted by molar-refractivity contribution is 5.60. The van der Waals surface area contributed by atoms with Gasteiger partial charge in [-0.3, -0.25) is 0 Å². The van der Waals surface area contributed by atoms with Crippen LogP contribution in [-0.2, 0) is 0 Å². The maximum absolute atomic E-state index is 5.94. The van der Waals surface area contributed by atoms with E-state index in [1.165, 1.54) is 12.8 Å². The fourth-order valence-electron chi connectivity index (χ4n) is 2.23. The van der Waals surface area contributed by atoms with E-state index in [1.807, 2.05) is 12.1 Å². The summed E-state index contributed by atoms with van der Waals surface area (Å²) in [5.74, 6) is 1.68. The van der Waals surface area contributed by atoms with Gasteiger partial charge in [-0.05, 0) is 37.8 Å². The summed E-state index contributed by atoms with van der Waals surface area (Å²) in [7, 11) is 0. The van der Waals surface area contributed by atoms with Crippen LogP contribution < -0.4 is 4.74 Å². The first-order chi connectivity index (χ1) is 8.83. The maximum atomic E-state index is 5.94. The first kappa shape index (κ1) is 11.2. The monoisotopic (exact) mass is 245 g/mol. The van der Waals surface area contributed by atoms with E-state index in [1.54, 1.807) is 13.1 Å².